The molecule has 1 aromatic carbocycles. The molecule has 0 amide bonds. The Morgan fingerprint density at radius 1 is 1.40 bits per heavy atom. The number of carbonyl (C=O) groups is 1. The van der Waals surface area contributed by atoms with E-state index in [1.807, 2.05) is 24.3 Å². The summed E-state index contributed by atoms with van der Waals surface area (Å²) in [6, 6.07) is 7.70. The largest absolute Gasteiger partial charge is 0.478 e. The van der Waals surface area contributed by atoms with E-state index in [2.05, 4.69) is 19.2 Å². The summed E-state index contributed by atoms with van der Waals surface area (Å²) in [7, 11) is 0. The Hall–Kier alpha value is -1.68. The molecular weight excluding hydrogens is 270 g/mol. The van der Waals surface area contributed by atoms with E-state index in [9.17, 15) is 9.90 Å². The molecule has 106 valence electrons. The summed E-state index contributed by atoms with van der Waals surface area (Å²) < 4.78 is 0. The van der Waals surface area contributed by atoms with Crippen LogP contribution in [-0.4, -0.2) is 22.1 Å². The number of nitrogens with one attached hydrogen (secondary N) is 1. The van der Waals surface area contributed by atoms with Gasteiger partial charge in [0.1, 0.15) is 4.99 Å². The average Bonchev–Trinajstić information content (AvgIpc) is 2.45. The third-order valence-corrected chi connectivity index (χ3v) is 4.34. The molecule has 0 saturated carbocycles. The van der Waals surface area contributed by atoms with Crippen LogP contribution in [0.5, 0.6) is 0 Å². The molecule has 2 atom stereocenters. The Balaban J connectivity index is 2.68. The van der Waals surface area contributed by atoms with Crippen LogP contribution < -0.4 is 5.32 Å². The van der Waals surface area contributed by atoms with Crippen LogP contribution in [0.25, 0.3) is 5.57 Å². The molecule has 0 bridgehead atoms. The third-order valence-electron chi connectivity index (χ3n) is 4.00. The van der Waals surface area contributed by atoms with Crippen LogP contribution in [0.15, 0.2) is 29.8 Å². The molecule has 4 heteroatoms. The highest BCUT2D eigenvalue weighted by atomic mass is 32.1. The molecule has 0 aromatic heterocycles. The van der Waals surface area contributed by atoms with E-state index < -0.39 is 5.97 Å². The van der Waals surface area contributed by atoms with Gasteiger partial charge in [0.2, 0.25) is 0 Å². The van der Waals surface area contributed by atoms with Crippen molar-refractivity contribution in [2.45, 2.75) is 33.2 Å². The lowest BCUT2D eigenvalue weighted by atomic mass is 9.81. The Kier molecular flexibility index (Phi) is 4.23. The van der Waals surface area contributed by atoms with Crippen LogP contribution in [0.2, 0.25) is 0 Å². The summed E-state index contributed by atoms with van der Waals surface area (Å²) in [5.41, 5.74) is 3.10. The van der Waals surface area contributed by atoms with Gasteiger partial charge in [0.25, 0.3) is 0 Å². The van der Waals surface area contributed by atoms with E-state index in [-0.39, 0.29) is 6.04 Å². The maximum absolute atomic E-state index is 11.4. The molecule has 0 fully saturated rings. The van der Waals surface area contributed by atoms with Crippen LogP contribution >= 0.6 is 12.2 Å². The second-order valence-electron chi connectivity index (χ2n) is 5.23. The van der Waals surface area contributed by atoms with Crippen LogP contribution in [0, 0.1) is 5.92 Å². The molecule has 2 N–H and O–H groups in total. The number of hydrogen-bond donors (Lipinski definition) is 2. The first-order chi connectivity index (χ1) is 9.47. The molecule has 3 nitrogen and oxygen atoms in total. The van der Waals surface area contributed by atoms with Crippen LogP contribution in [0.3, 0.4) is 0 Å². The minimum Gasteiger partial charge on any atom is -0.478 e. The number of hydrogen-bond acceptors (Lipinski definition) is 2. The van der Waals surface area contributed by atoms with Crippen molar-refractivity contribution in [2.24, 2.45) is 5.92 Å². The Morgan fingerprint density at radius 3 is 2.55 bits per heavy atom. The van der Waals surface area contributed by atoms with E-state index in [0.717, 1.165) is 23.1 Å². The van der Waals surface area contributed by atoms with E-state index >= 15 is 0 Å². The highest BCUT2D eigenvalue weighted by Crippen LogP contribution is 2.34. The van der Waals surface area contributed by atoms with Gasteiger partial charge >= 0.3 is 5.97 Å². The highest BCUT2D eigenvalue weighted by Gasteiger charge is 2.32. The maximum Gasteiger partial charge on any atom is 0.331 e. The first-order valence-electron chi connectivity index (χ1n) is 6.81. The van der Waals surface area contributed by atoms with Crippen molar-refractivity contribution in [3.8, 4) is 0 Å². The van der Waals surface area contributed by atoms with Crippen molar-refractivity contribution in [3.05, 3.63) is 41.0 Å². The number of benzene rings is 1. The molecule has 0 saturated heterocycles. The SMILES string of the molecule is CC[C@H](C)[C@@H]1NC(=S)c2ccccc2/C1=C(\C)C(=O)O. The van der Waals surface area contributed by atoms with Gasteiger partial charge < -0.3 is 10.4 Å². The molecule has 0 radical (unpaired) electrons. The number of aliphatic carboxylic acids is 1. The van der Waals surface area contributed by atoms with Gasteiger partial charge in [-0.15, -0.1) is 0 Å². The summed E-state index contributed by atoms with van der Waals surface area (Å²) in [5, 5.41) is 12.7. The van der Waals surface area contributed by atoms with Crippen molar-refractivity contribution in [2.75, 3.05) is 0 Å². The van der Waals surface area contributed by atoms with Crippen LogP contribution in [0.1, 0.15) is 38.3 Å². The third kappa shape index (κ3) is 2.48. The van der Waals surface area contributed by atoms with Gasteiger partial charge in [0, 0.05) is 11.1 Å². The summed E-state index contributed by atoms with van der Waals surface area (Å²) in [4.78, 5) is 12.1. The van der Waals surface area contributed by atoms with Gasteiger partial charge in [-0.05, 0) is 24.0 Å². The fraction of sp³-hybridized carbons (Fsp3) is 0.375. The van der Waals surface area contributed by atoms with Gasteiger partial charge in [0.05, 0.1) is 6.04 Å². The molecule has 1 aliphatic rings. The predicted molar refractivity (Wildman–Crippen MR) is 84.8 cm³/mol. The predicted octanol–water partition coefficient (Wildman–Crippen LogP) is 3.24. The molecule has 1 aromatic rings. The zero-order chi connectivity index (χ0) is 14.9. The number of fused-ring (bicyclic) bond motifs is 1. The molecule has 0 unspecified atom stereocenters. The fourth-order valence-electron chi connectivity index (χ4n) is 2.59. The highest BCUT2D eigenvalue weighted by molar-refractivity contribution is 7.80. The molecule has 1 heterocycles. The summed E-state index contributed by atoms with van der Waals surface area (Å²) in [6.07, 6.45) is 0.957. The normalized spacial score (nSPS) is 21.8. The molecule has 0 aliphatic carbocycles. The molecular formula is C16H19NO2S. The Morgan fingerprint density at radius 2 is 2.00 bits per heavy atom. The van der Waals surface area contributed by atoms with Gasteiger partial charge in [-0.2, -0.15) is 0 Å². The molecule has 2 rings (SSSR count). The quantitative estimate of drug-likeness (QED) is 0.662. The van der Waals surface area contributed by atoms with E-state index in [1.54, 1.807) is 6.92 Å². The lowest BCUT2D eigenvalue weighted by Crippen LogP contribution is -2.44. The van der Waals surface area contributed by atoms with Gasteiger partial charge in [-0.1, -0.05) is 56.8 Å². The number of thiocarbonyl (C=S) groups is 1. The summed E-state index contributed by atoms with van der Waals surface area (Å²) in [5.74, 6) is -0.566. The number of rotatable bonds is 3. The summed E-state index contributed by atoms with van der Waals surface area (Å²) in [6.45, 7) is 5.88. The summed E-state index contributed by atoms with van der Waals surface area (Å²) >= 11 is 5.43. The minimum absolute atomic E-state index is 0.0431. The second-order valence-corrected chi connectivity index (χ2v) is 5.63. The maximum atomic E-state index is 11.4. The first kappa shape index (κ1) is 14.7. The van der Waals surface area contributed by atoms with Gasteiger partial charge in [-0.25, -0.2) is 4.79 Å². The molecule has 20 heavy (non-hydrogen) atoms. The minimum atomic E-state index is -0.877. The first-order valence-corrected chi connectivity index (χ1v) is 7.22. The van der Waals surface area contributed by atoms with Gasteiger partial charge in [0.15, 0.2) is 0 Å². The van der Waals surface area contributed by atoms with Crippen molar-refractivity contribution in [1.29, 1.82) is 0 Å². The van der Waals surface area contributed by atoms with Crippen molar-refractivity contribution >= 4 is 28.7 Å². The number of carboxylic acids is 1. The lowest BCUT2D eigenvalue weighted by molar-refractivity contribution is -0.132. The Labute approximate surface area is 124 Å². The zero-order valence-corrected chi connectivity index (χ0v) is 12.8. The monoisotopic (exact) mass is 289 g/mol. The lowest BCUT2D eigenvalue weighted by Gasteiger charge is -2.35. The standard InChI is InChI=1S/C16H19NO2S/c1-4-9(2)14-13(10(3)16(18)19)11-7-5-6-8-12(11)15(20)17-14/h5-9,14H,4H2,1-3H3,(H,17,20)(H,18,19)/b13-10-/t9-,14-/m0/s1. The Bertz CT molecular complexity index is 592. The second kappa shape index (κ2) is 5.75. The number of carboxylic acid groups (broad SMARTS) is 1. The zero-order valence-electron chi connectivity index (χ0n) is 11.9. The van der Waals surface area contributed by atoms with Crippen LogP contribution in [-0.2, 0) is 4.79 Å². The molecule has 1 aliphatic heterocycles. The van der Waals surface area contributed by atoms with Crippen molar-refractivity contribution in [1.82, 2.24) is 5.32 Å². The van der Waals surface area contributed by atoms with E-state index in [4.69, 9.17) is 12.2 Å². The van der Waals surface area contributed by atoms with Crippen LogP contribution in [0.4, 0.5) is 0 Å². The average molecular weight is 289 g/mol. The van der Waals surface area contributed by atoms with Crippen molar-refractivity contribution < 1.29 is 9.90 Å². The van der Waals surface area contributed by atoms with Gasteiger partial charge in [-0.3, -0.25) is 0 Å². The smallest absolute Gasteiger partial charge is 0.331 e. The fourth-order valence-corrected chi connectivity index (χ4v) is 2.89. The van der Waals surface area contributed by atoms with E-state index in [1.165, 1.54) is 0 Å². The molecule has 0 spiro atoms. The topological polar surface area (TPSA) is 49.3 Å². The van der Waals surface area contributed by atoms with Crippen molar-refractivity contribution in [3.63, 3.8) is 0 Å². The van der Waals surface area contributed by atoms with E-state index in [0.29, 0.717) is 16.5 Å².